The van der Waals surface area contributed by atoms with Crippen LogP contribution in [0.1, 0.15) is 174 Å². The highest BCUT2D eigenvalue weighted by Crippen LogP contribution is 2.26. The molecule has 2 heterocycles. The second-order valence-electron chi connectivity index (χ2n) is 19.4. The topological polar surface area (TPSA) is 214 Å². The zero-order valence-corrected chi connectivity index (χ0v) is 45.3. The van der Waals surface area contributed by atoms with Crippen LogP contribution in [-0.2, 0) is 33.2 Å². The lowest BCUT2D eigenvalue weighted by Crippen LogP contribution is -2.61. The monoisotopic (exact) mass is 1040 g/mol. The summed E-state index contributed by atoms with van der Waals surface area (Å²) in [5, 5.41) is 72.3. The summed E-state index contributed by atoms with van der Waals surface area (Å²) in [6.07, 6.45) is 44.7. The van der Waals surface area contributed by atoms with Crippen LogP contribution in [0, 0.1) is 0 Å². The Morgan fingerprint density at radius 3 is 1.39 bits per heavy atom. The Balaban J connectivity index is 1.76. The van der Waals surface area contributed by atoms with Gasteiger partial charge in [-0.1, -0.05) is 169 Å². The molecule has 2 fully saturated rings. The number of carbonyl (C=O) groups excluding carboxylic acids is 1. The molecule has 7 N–H and O–H groups in total. The first-order chi connectivity index (χ1) is 36.1. The molecule has 0 amide bonds. The van der Waals surface area contributed by atoms with E-state index in [0.717, 1.165) is 103 Å². The standard InChI is InChI=1S/C60H100O14/c1-3-5-7-9-11-13-15-17-19-21-22-23-24-25-26-27-28-30-32-34-36-38-40-42-44-69-46-49(72-52(62)43-41-39-37-35-33-31-29-20-18-16-14-12-10-8-6-4-2)47-70-59-58(68)56(66)54(64)51(74-59)48-71-60-57(67)55(65)53(63)50(45-61)73-60/h5,7,11,13,17,19-20,22-23,25-26,28-30,34,36,49-51,53-61,63-68H,3-4,6,8-10,12,14-16,18,21,24,27,31-33,35,37-48H2,1-2H3/b7-5-,13-11-,19-17-,23-22-,26-25-,29-20-,30-28-,36-34-. The first-order valence-electron chi connectivity index (χ1n) is 28.3. The van der Waals surface area contributed by atoms with Gasteiger partial charge in [0.1, 0.15) is 54.9 Å². The van der Waals surface area contributed by atoms with Crippen LogP contribution in [0.3, 0.4) is 0 Å². The Bertz CT molecular complexity index is 1590. The van der Waals surface area contributed by atoms with Crippen molar-refractivity contribution in [1.82, 2.24) is 0 Å². The van der Waals surface area contributed by atoms with E-state index in [1.165, 1.54) is 44.9 Å². The molecular weight excluding hydrogens is 945 g/mol. The average Bonchev–Trinajstić information content (AvgIpc) is 3.40. The van der Waals surface area contributed by atoms with Crippen molar-refractivity contribution >= 4 is 5.97 Å². The van der Waals surface area contributed by atoms with Gasteiger partial charge in [0.2, 0.25) is 0 Å². The molecule has 0 aromatic carbocycles. The van der Waals surface area contributed by atoms with Crippen LogP contribution in [-0.4, -0.2) is 142 Å². The molecule has 14 heteroatoms. The summed E-state index contributed by atoms with van der Waals surface area (Å²) in [5.41, 5.74) is 0. The molecule has 424 valence electrons. The highest BCUT2D eigenvalue weighted by Gasteiger charge is 2.47. The van der Waals surface area contributed by atoms with Crippen LogP contribution >= 0.6 is 0 Å². The molecule has 2 aliphatic rings. The van der Waals surface area contributed by atoms with Crippen LogP contribution < -0.4 is 0 Å². The summed E-state index contributed by atoms with van der Waals surface area (Å²) in [5.74, 6) is -0.404. The number of unbranched alkanes of at least 4 members (excludes halogenated alkanes) is 14. The number of hydrogen-bond donors (Lipinski definition) is 7. The van der Waals surface area contributed by atoms with Gasteiger partial charge >= 0.3 is 5.97 Å². The molecule has 2 saturated heterocycles. The van der Waals surface area contributed by atoms with Crippen LogP contribution in [0.5, 0.6) is 0 Å². The van der Waals surface area contributed by atoms with Crippen molar-refractivity contribution < 1.29 is 69.0 Å². The van der Waals surface area contributed by atoms with Gasteiger partial charge in [-0.05, 0) is 96.3 Å². The van der Waals surface area contributed by atoms with Gasteiger partial charge in [-0.15, -0.1) is 0 Å². The van der Waals surface area contributed by atoms with Crippen LogP contribution in [0.15, 0.2) is 97.2 Å². The highest BCUT2D eigenvalue weighted by atomic mass is 16.7. The maximum absolute atomic E-state index is 13.0. The summed E-state index contributed by atoms with van der Waals surface area (Å²) >= 11 is 0. The molecule has 0 aromatic rings. The number of allylic oxidation sites excluding steroid dienone is 16. The fourth-order valence-electron chi connectivity index (χ4n) is 8.26. The number of ether oxygens (including phenoxy) is 6. The lowest BCUT2D eigenvalue weighted by molar-refractivity contribution is -0.332. The van der Waals surface area contributed by atoms with Gasteiger partial charge in [0.15, 0.2) is 12.6 Å². The zero-order valence-electron chi connectivity index (χ0n) is 45.3. The smallest absolute Gasteiger partial charge is 0.306 e. The molecule has 11 unspecified atom stereocenters. The van der Waals surface area contributed by atoms with E-state index >= 15 is 0 Å². The van der Waals surface area contributed by atoms with Crippen molar-refractivity contribution in [3.63, 3.8) is 0 Å². The predicted molar refractivity (Wildman–Crippen MR) is 293 cm³/mol. The molecule has 0 aromatic heterocycles. The maximum atomic E-state index is 13.0. The third kappa shape index (κ3) is 32.5. The largest absolute Gasteiger partial charge is 0.457 e. The SMILES string of the molecule is CC/C=C\C/C=C\C/C=C\C/C=C\C/C=C\C/C=C\C/C=C\CCCCOCC(COC1OC(COC2OC(CO)C(O)C(O)C2O)C(O)C(O)C1O)OC(=O)CCCCCCC/C=C\CCCCCCCCC. The maximum Gasteiger partial charge on any atom is 0.306 e. The normalized spacial score (nSPS) is 25.5. The third-order valence-corrected chi connectivity index (χ3v) is 12.8. The minimum absolute atomic E-state index is 0.0222. The van der Waals surface area contributed by atoms with E-state index < -0.39 is 86.7 Å². The summed E-state index contributed by atoms with van der Waals surface area (Å²) in [7, 11) is 0. The van der Waals surface area contributed by atoms with Gasteiger partial charge in [0.05, 0.1) is 26.4 Å². The van der Waals surface area contributed by atoms with Crippen LogP contribution in [0.4, 0.5) is 0 Å². The van der Waals surface area contributed by atoms with Gasteiger partial charge in [0.25, 0.3) is 0 Å². The van der Waals surface area contributed by atoms with Gasteiger partial charge in [0, 0.05) is 13.0 Å². The van der Waals surface area contributed by atoms with E-state index in [9.17, 15) is 40.5 Å². The van der Waals surface area contributed by atoms with Crippen molar-refractivity contribution in [3.05, 3.63) is 97.2 Å². The van der Waals surface area contributed by atoms with Crippen LogP contribution in [0.2, 0.25) is 0 Å². The minimum atomic E-state index is -1.72. The highest BCUT2D eigenvalue weighted by molar-refractivity contribution is 5.69. The Morgan fingerprint density at radius 1 is 0.459 bits per heavy atom. The lowest BCUT2D eigenvalue weighted by Gasteiger charge is -2.42. The third-order valence-electron chi connectivity index (χ3n) is 12.8. The Labute approximate surface area is 445 Å². The quantitative estimate of drug-likeness (QED) is 0.0172. The summed E-state index contributed by atoms with van der Waals surface area (Å²) in [4.78, 5) is 13.0. The van der Waals surface area contributed by atoms with E-state index in [1.54, 1.807) is 0 Å². The molecule has 0 radical (unpaired) electrons. The van der Waals surface area contributed by atoms with E-state index in [0.29, 0.717) is 13.0 Å². The number of aliphatic hydroxyl groups excluding tert-OH is 7. The molecule has 14 nitrogen and oxygen atoms in total. The van der Waals surface area contributed by atoms with Gasteiger partial charge in [-0.3, -0.25) is 4.79 Å². The zero-order chi connectivity index (χ0) is 53.7. The van der Waals surface area contributed by atoms with Gasteiger partial charge in [-0.2, -0.15) is 0 Å². The molecule has 0 aliphatic carbocycles. The molecule has 74 heavy (non-hydrogen) atoms. The molecular formula is C60H100O14. The van der Waals surface area contributed by atoms with E-state index in [-0.39, 0.29) is 19.6 Å². The summed E-state index contributed by atoms with van der Waals surface area (Å²) in [6, 6.07) is 0. The molecule has 0 saturated carbocycles. The number of esters is 1. The second kappa shape index (κ2) is 46.0. The van der Waals surface area contributed by atoms with Crippen molar-refractivity contribution in [2.75, 3.05) is 33.0 Å². The Morgan fingerprint density at radius 2 is 0.878 bits per heavy atom. The number of hydrogen-bond acceptors (Lipinski definition) is 14. The molecule has 0 bridgehead atoms. The number of rotatable bonds is 44. The van der Waals surface area contributed by atoms with Crippen molar-refractivity contribution in [1.29, 1.82) is 0 Å². The van der Waals surface area contributed by atoms with Gasteiger partial charge in [-0.25, -0.2) is 0 Å². The van der Waals surface area contributed by atoms with E-state index in [2.05, 4.69) is 111 Å². The van der Waals surface area contributed by atoms with E-state index in [4.69, 9.17) is 28.4 Å². The van der Waals surface area contributed by atoms with Crippen LogP contribution in [0.25, 0.3) is 0 Å². The summed E-state index contributed by atoms with van der Waals surface area (Å²) in [6.45, 7) is 3.43. The Hall–Kier alpha value is -3.09. The number of aliphatic hydroxyl groups is 7. The fraction of sp³-hybridized carbons (Fsp3) is 0.717. The van der Waals surface area contributed by atoms with E-state index in [1.807, 2.05) is 0 Å². The Kier molecular flexibility index (Phi) is 41.7. The summed E-state index contributed by atoms with van der Waals surface area (Å²) < 4.78 is 34.3. The minimum Gasteiger partial charge on any atom is -0.457 e. The van der Waals surface area contributed by atoms with Crippen molar-refractivity contribution in [2.24, 2.45) is 0 Å². The van der Waals surface area contributed by atoms with Crippen molar-refractivity contribution in [3.8, 4) is 0 Å². The first-order valence-corrected chi connectivity index (χ1v) is 28.3. The molecule has 2 rings (SSSR count). The molecule has 2 aliphatic heterocycles. The second-order valence-corrected chi connectivity index (χ2v) is 19.4. The predicted octanol–water partition coefficient (Wildman–Crippen LogP) is 9.80. The first kappa shape index (κ1) is 67.0. The molecule has 11 atom stereocenters. The fourth-order valence-corrected chi connectivity index (χ4v) is 8.26. The lowest BCUT2D eigenvalue weighted by atomic mass is 9.98. The molecule has 0 spiro atoms. The van der Waals surface area contributed by atoms with Gasteiger partial charge < -0.3 is 64.2 Å². The number of carbonyl (C=O) groups is 1. The van der Waals surface area contributed by atoms with Crippen molar-refractivity contribution in [2.45, 2.75) is 242 Å². The average molecular weight is 1050 g/mol.